The summed E-state index contributed by atoms with van der Waals surface area (Å²) in [5.74, 6) is 5.51. The lowest BCUT2D eigenvalue weighted by Gasteiger charge is -2.10. The molecule has 0 saturated heterocycles. The number of para-hydroxylation sites is 1. The SMILES string of the molecule is COc1ccccc1-c1ccc(C(=O)NN)c(C)n1. The van der Waals surface area contributed by atoms with Gasteiger partial charge in [-0.2, -0.15) is 0 Å². The number of hydrazine groups is 1. The molecule has 0 aliphatic heterocycles. The van der Waals surface area contributed by atoms with Gasteiger partial charge in [0.15, 0.2) is 0 Å². The number of aryl methyl sites for hydroxylation is 1. The molecule has 3 N–H and O–H groups in total. The maximum absolute atomic E-state index is 11.5. The zero-order valence-electron chi connectivity index (χ0n) is 10.8. The summed E-state index contributed by atoms with van der Waals surface area (Å²) in [7, 11) is 1.61. The molecule has 5 nitrogen and oxygen atoms in total. The number of rotatable bonds is 3. The Bertz CT molecular complexity index is 611. The highest BCUT2D eigenvalue weighted by molar-refractivity contribution is 5.95. The van der Waals surface area contributed by atoms with Gasteiger partial charge in [-0.25, -0.2) is 5.84 Å². The van der Waals surface area contributed by atoms with Crippen LogP contribution in [0.2, 0.25) is 0 Å². The number of methoxy groups -OCH3 is 1. The maximum atomic E-state index is 11.5. The van der Waals surface area contributed by atoms with Gasteiger partial charge in [-0.1, -0.05) is 12.1 Å². The van der Waals surface area contributed by atoms with Crippen LogP contribution in [0.25, 0.3) is 11.3 Å². The lowest BCUT2D eigenvalue weighted by atomic mass is 10.1. The molecule has 19 heavy (non-hydrogen) atoms. The van der Waals surface area contributed by atoms with Gasteiger partial charge in [0, 0.05) is 5.56 Å². The fourth-order valence-electron chi connectivity index (χ4n) is 1.89. The quantitative estimate of drug-likeness (QED) is 0.498. The van der Waals surface area contributed by atoms with Crippen molar-refractivity contribution >= 4 is 5.91 Å². The monoisotopic (exact) mass is 257 g/mol. The number of aromatic nitrogens is 1. The Morgan fingerprint density at radius 2 is 2.00 bits per heavy atom. The average molecular weight is 257 g/mol. The molecule has 2 rings (SSSR count). The van der Waals surface area contributed by atoms with Crippen molar-refractivity contribution in [2.45, 2.75) is 6.92 Å². The summed E-state index contributed by atoms with van der Waals surface area (Å²) < 4.78 is 5.30. The van der Waals surface area contributed by atoms with Gasteiger partial charge < -0.3 is 4.74 Å². The first kappa shape index (κ1) is 13.0. The molecule has 0 bridgehead atoms. The Labute approximate surface area is 111 Å². The Kier molecular flexibility index (Phi) is 3.77. The molecule has 1 amide bonds. The van der Waals surface area contributed by atoms with E-state index in [1.54, 1.807) is 26.2 Å². The first-order valence-corrected chi connectivity index (χ1v) is 5.79. The van der Waals surface area contributed by atoms with E-state index in [2.05, 4.69) is 10.4 Å². The normalized spacial score (nSPS) is 10.1. The predicted octanol–water partition coefficient (Wildman–Crippen LogP) is 1.67. The molecule has 2 aromatic rings. The van der Waals surface area contributed by atoms with Gasteiger partial charge in [0.25, 0.3) is 5.91 Å². The minimum atomic E-state index is -0.350. The molecule has 0 spiro atoms. The van der Waals surface area contributed by atoms with E-state index in [1.807, 2.05) is 24.3 Å². The van der Waals surface area contributed by atoms with E-state index in [4.69, 9.17) is 10.6 Å². The molecular formula is C14H15N3O2. The van der Waals surface area contributed by atoms with E-state index in [9.17, 15) is 4.79 Å². The molecular weight excluding hydrogens is 242 g/mol. The third kappa shape index (κ3) is 2.56. The van der Waals surface area contributed by atoms with Crippen LogP contribution in [0, 0.1) is 6.92 Å². The molecule has 1 aromatic heterocycles. The fourth-order valence-corrected chi connectivity index (χ4v) is 1.89. The van der Waals surface area contributed by atoms with Gasteiger partial charge in [0.05, 0.1) is 24.1 Å². The van der Waals surface area contributed by atoms with Crippen molar-refractivity contribution in [2.24, 2.45) is 5.84 Å². The van der Waals surface area contributed by atoms with E-state index in [0.717, 1.165) is 17.0 Å². The van der Waals surface area contributed by atoms with Gasteiger partial charge in [0.1, 0.15) is 5.75 Å². The van der Waals surface area contributed by atoms with Gasteiger partial charge in [-0.15, -0.1) is 0 Å². The third-order valence-corrected chi connectivity index (χ3v) is 2.84. The van der Waals surface area contributed by atoms with Gasteiger partial charge >= 0.3 is 0 Å². The number of nitrogens with one attached hydrogen (secondary N) is 1. The molecule has 0 atom stereocenters. The molecule has 0 saturated carbocycles. The largest absolute Gasteiger partial charge is 0.496 e. The highest BCUT2D eigenvalue weighted by atomic mass is 16.5. The van der Waals surface area contributed by atoms with E-state index in [0.29, 0.717) is 11.3 Å². The Hall–Kier alpha value is -2.40. The van der Waals surface area contributed by atoms with Crippen molar-refractivity contribution < 1.29 is 9.53 Å². The second-order valence-corrected chi connectivity index (χ2v) is 4.00. The summed E-state index contributed by atoms with van der Waals surface area (Å²) in [6.45, 7) is 1.77. The number of ether oxygens (including phenoxy) is 1. The van der Waals surface area contributed by atoms with Crippen LogP contribution in [0.15, 0.2) is 36.4 Å². The number of carbonyl (C=O) groups excluding carboxylic acids is 1. The van der Waals surface area contributed by atoms with Crippen LogP contribution in [-0.4, -0.2) is 18.0 Å². The van der Waals surface area contributed by atoms with Crippen molar-refractivity contribution in [3.05, 3.63) is 47.7 Å². The molecule has 0 unspecified atom stereocenters. The van der Waals surface area contributed by atoms with Crippen molar-refractivity contribution in [3.63, 3.8) is 0 Å². The van der Waals surface area contributed by atoms with E-state index >= 15 is 0 Å². The van der Waals surface area contributed by atoms with Crippen molar-refractivity contribution in [3.8, 4) is 17.0 Å². The molecule has 0 aliphatic rings. The molecule has 0 fully saturated rings. The molecule has 0 aliphatic carbocycles. The summed E-state index contributed by atoms with van der Waals surface area (Å²) in [5.41, 5.74) is 4.81. The number of carbonyl (C=O) groups is 1. The first-order valence-electron chi connectivity index (χ1n) is 5.79. The second kappa shape index (κ2) is 5.49. The number of nitrogens with zero attached hydrogens (tertiary/aromatic N) is 1. The number of nitrogens with two attached hydrogens (primary N) is 1. The lowest BCUT2D eigenvalue weighted by molar-refractivity contribution is 0.0952. The first-order chi connectivity index (χ1) is 9.17. The van der Waals surface area contributed by atoms with Crippen LogP contribution < -0.4 is 16.0 Å². The Morgan fingerprint density at radius 3 is 2.63 bits per heavy atom. The van der Waals surface area contributed by atoms with Gasteiger partial charge in [-0.3, -0.25) is 15.2 Å². The standard InChI is InChI=1S/C14H15N3O2/c1-9-10(14(18)17-15)7-8-12(16-9)11-5-3-4-6-13(11)19-2/h3-8H,15H2,1-2H3,(H,17,18). The summed E-state index contributed by atoms with van der Waals surface area (Å²) in [4.78, 5) is 15.9. The van der Waals surface area contributed by atoms with Crippen LogP contribution in [-0.2, 0) is 0 Å². The smallest absolute Gasteiger partial charge is 0.267 e. The predicted molar refractivity (Wildman–Crippen MR) is 72.6 cm³/mol. The van der Waals surface area contributed by atoms with Crippen LogP contribution in [0.3, 0.4) is 0 Å². The summed E-state index contributed by atoms with van der Waals surface area (Å²) in [6, 6.07) is 11.1. The zero-order valence-corrected chi connectivity index (χ0v) is 10.8. The topological polar surface area (TPSA) is 77.2 Å². The number of hydrogen-bond acceptors (Lipinski definition) is 4. The van der Waals surface area contributed by atoms with Crippen LogP contribution in [0.1, 0.15) is 16.1 Å². The van der Waals surface area contributed by atoms with Crippen LogP contribution in [0.5, 0.6) is 5.75 Å². The third-order valence-electron chi connectivity index (χ3n) is 2.84. The highest BCUT2D eigenvalue weighted by Crippen LogP contribution is 2.28. The second-order valence-electron chi connectivity index (χ2n) is 4.00. The minimum Gasteiger partial charge on any atom is -0.496 e. The van der Waals surface area contributed by atoms with E-state index in [1.165, 1.54) is 0 Å². The van der Waals surface area contributed by atoms with E-state index in [-0.39, 0.29) is 5.91 Å². The average Bonchev–Trinajstić information content (AvgIpc) is 2.46. The minimum absolute atomic E-state index is 0.350. The molecule has 1 aromatic carbocycles. The number of benzene rings is 1. The molecule has 98 valence electrons. The fraction of sp³-hybridized carbons (Fsp3) is 0.143. The van der Waals surface area contributed by atoms with Crippen molar-refractivity contribution in [1.82, 2.24) is 10.4 Å². The zero-order chi connectivity index (χ0) is 13.8. The van der Waals surface area contributed by atoms with Crippen molar-refractivity contribution in [2.75, 3.05) is 7.11 Å². The number of pyridine rings is 1. The Balaban J connectivity index is 2.47. The van der Waals surface area contributed by atoms with E-state index < -0.39 is 0 Å². The number of hydrogen-bond donors (Lipinski definition) is 2. The number of nitrogen functional groups attached to an aromatic ring is 1. The molecule has 0 radical (unpaired) electrons. The van der Waals surface area contributed by atoms with Crippen LogP contribution in [0.4, 0.5) is 0 Å². The Morgan fingerprint density at radius 1 is 1.26 bits per heavy atom. The highest BCUT2D eigenvalue weighted by Gasteiger charge is 2.12. The summed E-state index contributed by atoms with van der Waals surface area (Å²) >= 11 is 0. The summed E-state index contributed by atoms with van der Waals surface area (Å²) in [6.07, 6.45) is 0. The summed E-state index contributed by atoms with van der Waals surface area (Å²) in [5, 5.41) is 0. The lowest BCUT2D eigenvalue weighted by Crippen LogP contribution is -2.30. The van der Waals surface area contributed by atoms with Crippen LogP contribution >= 0.6 is 0 Å². The van der Waals surface area contributed by atoms with Gasteiger partial charge in [-0.05, 0) is 31.2 Å². The molecule has 5 heteroatoms. The van der Waals surface area contributed by atoms with Gasteiger partial charge in [0.2, 0.25) is 0 Å². The molecule has 1 heterocycles. The maximum Gasteiger partial charge on any atom is 0.267 e. The van der Waals surface area contributed by atoms with Crippen molar-refractivity contribution in [1.29, 1.82) is 0 Å². The number of amides is 1.